The lowest BCUT2D eigenvalue weighted by Gasteiger charge is -2.26. The van der Waals surface area contributed by atoms with Crippen LogP contribution in [0.3, 0.4) is 0 Å². The van der Waals surface area contributed by atoms with Crippen molar-refractivity contribution in [2.24, 2.45) is 0 Å². The summed E-state index contributed by atoms with van der Waals surface area (Å²) in [7, 11) is 0.474. The summed E-state index contributed by atoms with van der Waals surface area (Å²) < 4.78 is 5.31. The van der Waals surface area contributed by atoms with Crippen LogP contribution in [-0.2, 0) is 0 Å². The number of ether oxygens (including phenoxy) is 1. The second kappa shape index (κ2) is 7.50. The number of methoxy groups -OCH3 is 1. The Labute approximate surface area is 146 Å². The Kier molecular flexibility index (Phi) is 5.16. The molecule has 3 aromatic carbocycles. The summed E-state index contributed by atoms with van der Waals surface area (Å²) in [5.41, 5.74) is 4.72. The maximum atomic E-state index is 5.31. The first kappa shape index (κ1) is 16.5. The van der Waals surface area contributed by atoms with Crippen molar-refractivity contribution in [3.63, 3.8) is 0 Å². The van der Waals surface area contributed by atoms with Crippen LogP contribution >= 0.6 is 0 Å². The van der Waals surface area contributed by atoms with Crippen molar-refractivity contribution in [3.05, 3.63) is 95.6 Å². The first-order chi connectivity index (χ1) is 11.7. The van der Waals surface area contributed by atoms with Crippen LogP contribution in [0.5, 0.6) is 5.75 Å². The van der Waals surface area contributed by atoms with Crippen LogP contribution in [0.25, 0.3) is 0 Å². The Hall–Kier alpha value is -2.32. The van der Waals surface area contributed by atoms with E-state index in [4.69, 9.17) is 4.74 Å². The number of hydrogen-bond donors (Lipinski definition) is 0. The first-order valence-electron chi connectivity index (χ1n) is 8.45. The summed E-state index contributed by atoms with van der Waals surface area (Å²) >= 11 is 0. The predicted octanol–water partition coefficient (Wildman–Crippen LogP) is 4.44. The van der Waals surface area contributed by atoms with Gasteiger partial charge >= 0.3 is 0 Å². The van der Waals surface area contributed by atoms with E-state index in [-0.39, 0.29) is 0 Å². The van der Waals surface area contributed by atoms with E-state index >= 15 is 0 Å². The minimum Gasteiger partial charge on any atom is -0.497 e. The second-order valence-electron chi connectivity index (χ2n) is 6.31. The molecule has 0 amide bonds. The van der Waals surface area contributed by atoms with E-state index in [1.807, 2.05) is 0 Å². The molecule has 0 saturated carbocycles. The van der Waals surface area contributed by atoms with Gasteiger partial charge in [-0.3, -0.25) is 0 Å². The van der Waals surface area contributed by atoms with Crippen LogP contribution in [-0.4, -0.2) is 15.9 Å². The third kappa shape index (κ3) is 3.44. The van der Waals surface area contributed by atoms with Gasteiger partial charge < -0.3 is 4.74 Å². The summed E-state index contributed by atoms with van der Waals surface area (Å²) in [6.07, 6.45) is 0. The van der Waals surface area contributed by atoms with E-state index < -0.39 is 8.80 Å². The highest BCUT2D eigenvalue weighted by Gasteiger charge is 2.25. The summed E-state index contributed by atoms with van der Waals surface area (Å²) in [6.45, 7) is 4.67. The second-order valence-corrected chi connectivity index (χ2v) is 9.22. The van der Waals surface area contributed by atoms with Crippen LogP contribution < -0.4 is 9.92 Å². The van der Waals surface area contributed by atoms with Crippen molar-refractivity contribution in [2.45, 2.75) is 19.0 Å². The lowest BCUT2D eigenvalue weighted by molar-refractivity contribution is 0.415. The van der Waals surface area contributed by atoms with E-state index in [2.05, 4.69) is 92.3 Å². The molecule has 0 bridgehead atoms. The molecular formula is C22H24OSi. The SMILES string of the molecule is COc1ccc([Si@@H](C)[C@@H](c2ccccc2)c2ccccc2C)cc1. The molecule has 0 fully saturated rings. The number of rotatable bonds is 5. The van der Waals surface area contributed by atoms with Gasteiger partial charge in [0.25, 0.3) is 0 Å². The third-order valence-electron chi connectivity index (χ3n) is 4.82. The van der Waals surface area contributed by atoms with Crippen LogP contribution in [0.1, 0.15) is 22.2 Å². The zero-order valence-electron chi connectivity index (χ0n) is 14.6. The Balaban J connectivity index is 2.05. The van der Waals surface area contributed by atoms with Crippen molar-refractivity contribution < 1.29 is 4.74 Å². The molecule has 0 aliphatic rings. The fourth-order valence-corrected chi connectivity index (χ4v) is 6.33. The van der Waals surface area contributed by atoms with Gasteiger partial charge in [-0.15, -0.1) is 0 Å². The van der Waals surface area contributed by atoms with Gasteiger partial charge in [0.2, 0.25) is 0 Å². The standard InChI is InChI=1S/C22H24OSi/c1-17-9-7-8-12-21(17)22(18-10-5-4-6-11-18)24(3)20-15-13-19(23-2)14-16-20/h4-16,22,24H,1-3H3/t22-,24+/m0/s1. The Bertz CT molecular complexity index is 781. The van der Waals surface area contributed by atoms with Crippen LogP contribution in [0.4, 0.5) is 0 Å². The molecule has 0 aliphatic heterocycles. The molecule has 0 aliphatic carbocycles. The summed E-state index contributed by atoms with van der Waals surface area (Å²) in [5.74, 6) is 0.923. The highest BCUT2D eigenvalue weighted by atomic mass is 28.3. The summed E-state index contributed by atoms with van der Waals surface area (Å²) in [5, 5.41) is 1.47. The lowest BCUT2D eigenvalue weighted by atomic mass is 10.00. The zero-order chi connectivity index (χ0) is 16.9. The zero-order valence-corrected chi connectivity index (χ0v) is 15.7. The largest absolute Gasteiger partial charge is 0.497 e. The van der Waals surface area contributed by atoms with Gasteiger partial charge in [-0.05, 0) is 35.7 Å². The topological polar surface area (TPSA) is 9.23 Å². The molecule has 0 heterocycles. The third-order valence-corrected chi connectivity index (χ3v) is 8.00. The molecule has 0 aromatic heterocycles. The predicted molar refractivity (Wildman–Crippen MR) is 105 cm³/mol. The molecule has 3 aromatic rings. The van der Waals surface area contributed by atoms with E-state index in [9.17, 15) is 0 Å². The molecule has 0 radical (unpaired) electrons. The molecule has 122 valence electrons. The molecule has 3 rings (SSSR count). The van der Waals surface area contributed by atoms with Crippen LogP contribution in [0, 0.1) is 6.92 Å². The molecular weight excluding hydrogens is 308 g/mol. The average molecular weight is 333 g/mol. The van der Waals surface area contributed by atoms with Gasteiger partial charge in [0.1, 0.15) is 5.75 Å². The van der Waals surface area contributed by atoms with Gasteiger partial charge in [-0.2, -0.15) is 0 Å². The van der Waals surface area contributed by atoms with Crippen LogP contribution in [0.15, 0.2) is 78.9 Å². The quantitative estimate of drug-likeness (QED) is 0.628. The van der Waals surface area contributed by atoms with E-state index in [0.29, 0.717) is 5.54 Å². The first-order valence-corrected chi connectivity index (χ1v) is 10.8. The normalized spacial score (nSPS) is 13.3. The van der Waals surface area contributed by atoms with Gasteiger partial charge in [-0.1, -0.05) is 78.5 Å². The molecule has 0 saturated heterocycles. The smallest absolute Gasteiger partial charge is 0.118 e. The summed E-state index contributed by atoms with van der Waals surface area (Å²) in [6, 6.07) is 28.4. The van der Waals surface area contributed by atoms with Crippen molar-refractivity contribution in [1.29, 1.82) is 0 Å². The van der Waals surface area contributed by atoms with Gasteiger partial charge in [0.05, 0.1) is 15.9 Å². The highest BCUT2D eigenvalue weighted by molar-refractivity contribution is 6.74. The highest BCUT2D eigenvalue weighted by Crippen LogP contribution is 2.29. The van der Waals surface area contributed by atoms with E-state index in [1.165, 1.54) is 21.9 Å². The molecule has 1 nitrogen and oxygen atoms in total. The maximum Gasteiger partial charge on any atom is 0.118 e. The maximum absolute atomic E-state index is 5.31. The number of benzene rings is 3. The van der Waals surface area contributed by atoms with Crippen molar-refractivity contribution in [2.75, 3.05) is 7.11 Å². The minimum atomic E-state index is -1.24. The molecule has 2 heteroatoms. The number of aryl methyl sites for hydroxylation is 1. The van der Waals surface area contributed by atoms with Crippen molar-refractivity contribution >= 4 is 14.0 Å². The molecule has 0 N–H and O–H groups in total. The lowest BCUT2D eigenvalue weighted by Crippen LogP contribution is -2.34. The van der Waals surface area contributed by atoms with E-state index in [0.717, 1.165) is 5.75 Å². The Morgan fingerprint density at radius 3 is 2.04 bits per heavy atom. The molecule has 0 spiro atoms. The van der Waals surface area contributed by atoms with Gasteiger partial charge in [0.15, 0.2) is 0 Å². The fraction of sp³-hybridized carbons (Fsp3) is 0.182. The van der Waals surface area contributed by atoms with Crippen molar-refractivity contribution in [3.8, 4) is 5.75 Å². The van der Waals surface area contributed by atoms with Crippen LogP contribution in [0.2, 0.25) is 6.55 Å². The van der Waals surface area contributed by atoms with Gasteiger partial charge in [0, 0.05) is 5.54 Å². The van der Waals surface area contributed by atoms with Crippen molar-refractivity contribution in [1.82, 2.24) is 0 Å². The molecule has 2 atom stereocenters. The molecule has 24 heavy (non-hydrogen) atoms. The number of hydrogen-bond acceptors (Lipinski definition) is 1. The Morgan fingerprint density at radius 1 is 0.792 bits per heavy atom. The minimum absolute atomic E-state index is 0.473. The summed E-state index contributed by atoms with van der Waals surface area (Å²) in [4.78, 5) is 0. The monoisotopic (exact) mass is 332 g/mol. The van der Waals surface area contributed by atoms with Gasteiger partial charge in [-0.25, -0.2) is 0 Å². The fourth-order valence-electron chi connectivity index (χ4n) is 3.43. The average Bonchev–Trinajstić information content (AvgIpc) is 2.64. The van der Waals surface area contributed by atoms with E-state index in [1.54, 1.807) is 7.11 Å². The molecule has 0 unspecified atom stereocenters. The Morgan fingerprint density at radius 2 is 1.42 bits per heavy atom.